The van der Waals surface area contributed by atoms with E-state index in [0.717, 1.165) is 12.1 Å². The van der Waals surface area contributed by atoms with Gasteiger partial charge in [0.1, 0.15) is 11.5 Å². The van der Waals surface area contributed by atoms with Gasteiger partial charge < -0.3 is 0 Å². The molecule has 0 spiro atoms. The third-order valence-corrected chi connectivity index (χ3v) is 2.73. The number of aromatic nitrogens is 3. The fourth-order valence-corrected chi connectivity index (χ4v) is 1.47. The van der Waals surface area contributed by atoms with E-state index >= 15 is 0 Å². The van der Waals surface area contributed by atoms with E-state index in [-0.39, 0.29) is 5.82 Å². The van der Waals surface area contributed by atoms with Gasteiger partial charge in [0.2, 0.25) is 0 Å². The van der Waals surface area contributed by atoms with Crippen LogP contribution in [-0.2, 0) is 0 Å². The summed E-state index contributed by atoms with van der Waals surface area (Å²) in [7, 11) is 0. The summed E-state index contributed by atoms with van der Waals surface area (Å²) in [5.74, 6) is 0.0589. The Morgan fingerprint density at radius 1 is 1.38 bits per heavy atom. The molecule has 1 aromatic heterocycles. The third kappa shape index (κ3) is 1.96. The van der Waals surface area contributed by atoms with Gasteiger partial charge in [0, 0.05) is 5.92 Å². The molecule has 0 N–H and O–H groups in total. The van der Waals surface area contributed by atoms with Gasteiger partial charge in [0.15, 0.2) is 0 Å². The zero-order valence-corrected chi connectivity index (χ0v) is 9.39. The molecule has 0 aliphatic heterocycles. The van der Waals surface area contributed by atoms with Gasteiger partial charge in [-0.25, -0.2) is 9.07 Å². The van der Waals surface area contributed by atoms with Gasteiger partial charge in [0.25, 0.3) is 0 Å². The van der Waals surface area contributed by atoms with Crippen LogP contribution in [0.4, 0.5) is 4.39 Å². The summed E-state index contributed by atoms with van der Waals surface area (Å²) in [6.45, 7) is 4.17. The van der Waals surface area contributed by atoms with Crippen LogP contribution < -0.4 is 0 Å². The fourth-order valence-electron chi connectivity index (χ4n) is 1.47. The second-order valence-corrected chi connectivity index (χ2v) is 3.85. The molecular weight excluding hydrogens is 205 g/mol. The summed E-state index contributed by atoms with van der Waals surface area (Å²) >= 11 is 0. The highest BCUT2D eigenvalue weighted by Crippen LogP contribution is 2.17. The Kier molecular flexibility index (Phi) is 2.99. The second-order valence-electron chi connectivity index (χ2n) is 3.85. The molecule has 0 saturated heterocycles. The topological polar surface area (TPSA) is 30.7 Å². The average molecular weight is 219 g/mol. The van der Waals surface area contributed by atoms with Gasteiger partial charge in [-0.3, -0.25) is 0 Å². The number of benzene rings is 1. The molecule has 1 aromatic carbocycles. The Balaban J connectivity index is 2.35. The molecule has 0 radical (unpaired) electrons. The number of para-hydroxylation sites is 1. The van der Waals surface area contributed by atoms with Gasteiger partial charge in [-0.1, -0.05) is 31.2 Å². The first-order valence-electron chi connectivity index (χ1n) is 5.39. The summed E-state index contributed by atoms with van der Waals surface area (Å²) in [5, 5.41) is 7.99. The number of hydrogen-bond donors (Lipinski definition) is 0. The number of halogens is 1. The fraction of sp³-hybridized carbons (Fsp3) is 0.333. The quantitative estimate of drug-likeness (QED) is 0.794. The molecule has 2 rings (SSSR count). The lowest BCUT2D eigenvalue weighted by atomic mass is 10.1. The first-order valence-corrected chi connectivity index (χ1v) is 5.39. The first-order chi connectivity index (χ1) is 7.72. The van der Waals surface area contributed by atoms with Crippen molar-refractivity contribution in [2.75, 3.05) is 0 Å². The van der Waals surface area contributed by atoms with Crippen LogP contribution in [0.15, 0.2) is 30.5 Å². The predicted molar refractivity (Wildman–Crippen MR) is 60.0 cm³/mol. The van der Waals surface area contributed by atoms with Crippen LogP contribution in [0.5, 0.6) is 0 Å². The van der Waals surface area contributed by atoms with E-state index in [0.29, 0.717) is 11.6 Å². The maximum atomic E-state index is 13.5. The largest absolute Gasteiger partial charge is 0.217 e. The minimum atomic E-state index is -0.289. The maximum Gasteiger partial charge on any atom is 0.148 e. The maximum absolute atomic E-state index is 13.5. The standard InChI is InChI=1S/C12H14FN3/c1-3-9(2)11-8-16(15-14-11)12-7-5-4-6-10(12)13/h4-9H,3H2,1-2H3/t9-/m1/s1. The van der Waals surface area contributed by atoms with E-state index in [1.54, 1.807) is 24.4 Å². The lowest BCUT2D eigenvalue weighted by Crippen LogP contribution is -1.97. The highest BCUT2D eigenvalue weighted by molar-refractivity contribution is 5.32. The van der Waals surface area contributed by atoms with Crippen molar-refractivity contribution in [3.05, 3.63) is 42.0 Å². The van der Waals surface area contributed by atoms with Crippen molar-refractivity contribution in [1.82, 2.24) is 15.0 Å². The minimum absolute atomic E-state index is 0.289. The van der Waals surface area contributed by atoms with Crippen molar-refractivity contribution in [2.24, 2.45) is 0 Å². The summed E-state index contributed by atoms with van der Waals surface area (Å²) in [4.78, 5) is 0. The molecule has 0 fully saturated rings. The SMILES string of the molecule is CC[C@@H](C)c1cn(-c2ccccc2F)nn1. The van der Waals surface area contributed by atoms with Crippen molar-refractivity contribution in [2.45, 2.75) is 26.2 Å². The molecule has 16 heavy (non-hydrogen) atoms. The van der Waals surface area contributed by atoms with Crippen molar-refractivity contribution in [3.8, 4) is 5.69 Å². The smallest absolute Gasteiger partial charge is 0.148 e. The molecule has 84 valence electrons. The molecule has 0 aliphatic carbocycles. The van der Waals surface area contributed by atoms with Gasteiger partial charge in [0.05, 0.1) is 11.9 Å². The van der Waals surface area contributed by atoms with Crippen LogP contribution in [0.1, 0.15) is 31.9 Å². The second kappa shape index (κ2) is 4.43. The van der Waals surface area contributed by atoms with Crippen molar-refractivity contribution in [1.29, 1.82) is 0 Å². The molecule has 0 amide bonds. The van der Waals surface area contributed by atoms with Crippen LogP contribution in [0.25, 0.3) is 5.69 Å². The van der Waals surface area contributed by atoms with E-state index in [4.69, 9.17) is 0 Å². The predicted octanol–water partition coefficient (Wildman–Crippen LogP) is 2.92. The monoisotopic (exact) mass is 219 g/mol. The van der Waals surface area contributed by atoms with Crippen LogP contribution in [0, 0.1) is 5.82 Å². The third-order valence-electron chi connectivity index (χ3n) is 2.73. The van der Waals surface area contributed by atoms with Crippen LogP contribution >= 0.6 is 0 Å². The van der Waals surface area contributed by atoms with Crippen LogP contribution in [0.3, 0.4) is 0 Å². The molecule has 0 unspecified atom stereocenters. The Bertz CT molecular complexity index is 479. The number of hydrogen-bond acceptors (Lipinski definition) is 2. The van der Waals surface area contributed by atoms with Crippen molar-refractivity contribution in [3.63, 3.8) is 0 Å². The van der Waals surface area contributed by atoms with Crippen LogP contribution in [-0.4, -0.2) is 15.0 Å². The van der Waals surface area contributed by atoms with E-state index in [9.17, 15) is 4.39 Å². The highest BCUT2D eigenvalue weighted by Gasteiger charge is 2.10. The number of rotatable bonds is 3. The Hall–Kier alpha value is -1.71. The Morgan fingerprint density at radius 2 is 2.12 bits per heavy atom. The summed E-state index contributed by atoms with van der Waals surface area (Å²) < 4.78 is 15.0. The number of nitrogens with zero attached hydrogens (tertiary/aromatic N) is 3. The van der Waals surface area contributed by atoms with E-state index in [1.807, 2.05) is 0 Å². The highest BCUT2D eigenvalue weighted by atomic mass is 19.1. The zero-order chi connectivity index (χ0) is 11.5. The molecule has 1 atom stereocenters. The van der Waals surface area contributed by atoms with Gasteiger partial charge in [-0.05, 0) is 18.6 Å². The van der Waals surface area contributed by atoms with Crippen molar-refractivity contribution < 1.29 is 4.39 Å². The van der Waals surface area contributed by atoms with E-state index in [1.165, 1.54) is 10.7 Å². The zero-order valence-electron chi connectivity index (χ0n) is 9.39. The van der Waals surface area contributed by atoms with Crippen molar-refractivity contribution >= 4 is 0 Å². The molecule has 2 aromatic rings. The molecule has 4 heteroatoms. The summed E-state index contributed by atoms with van der Waals surface area (Å²) in [6, 6.07) is 6.54. The molecule has 3 nitrogen and oxygen atoms in total. The first kappa shape index (κ1) is 10.8. The molecule has 0 saturated carbocycles. The van der Waals surface area contributed by atoms with E-state index < -0.39 is 0 Å². The van der Waals surface area contributed by atoms with Gasteiger partial charge >= 0.3 is 0 Å². The molecular formula is C12H14FN3. The Labute approximate surface area is 93.9 Å². The van der Waals surface area contributed by atoms with Gasteiger partial charge in [-0.15, -0.1) is 5.10 Å². The average Bonchev–Trinajstić information content (AvgIpc) is 2.78. The lowest BCUT2D eigenvalue weighted by molar-refractivity contribution is 0.607. The normalized spacial score (nSPS) is 12.7. The van der Waals surface area contributed by atoms with E-state index in [2.05, 4.69) is 24.2 Å². The summed E-state index contributed by atoms with van der Waals surface area (Å²) in [5.41, 5.74) is 1.33. The van der Waals surface area contributed by atoms with Crippen LogP contribution in [0.2, 0.25) is 0 Å². The molecule has 0 aliphatic rings. The Morgan fingerprint density at radius 3 is 2.81 bits per heavy atom. The minimum Gasteiger partial charge on any atom is -0.217 e. The molecule has 0 bridgehead atoms. The van der Waals surface area contributed by atoms with Gasteiger partial charge in [-0.2, -0.15) is 0 Å². The summed E-state index contributed by atoms with van der Waals surface area (Å²) in [6.07, 6.45) is 2.78. The molecule has 1 heterocycles. The lowest BCUT2D eigenvalue weighted by Gasteiger charge is -2.02.